The third kappa shape index (κ3) is 1.36. The van der Waals surface area contributed by atoms with Crippen LogP contribution in [0.2, 0.25) is 0 Å². The summed E-state index contributed by atoms with van der Waals surface area (Å²) in [5.74, 6) is 0. The molecule has 0 saturated carbocycles. The van der Waals surface area contributed by atoms with Gasteiger partial charge in [-0.15, -0.1) is 0 Å². The molecule has 1 aromatic carbocycles. The number of hydrogen-bond acceptors (Lipinski definition) is 0. The van der Waals surface area contributed by atoms with E-state index in [1.54, 1.807) is 0 Å². The van der Waals surface area contributed by atoms with Crippen LogP contribution in [-0.4, -0.2) is 0 Å². The van der Waals surface area contributed by atoms with Crippen LogP contribution in [0, 0.1) is 0 Å². The van der Waals surface area contributed by atoms with E-state index in [-0.39, 0.29) is 0 Å². The molecular weight excluding hydrogens is 213 g/mol. The van der Waals surface area contributed by atoms with Crippen LogP contribution in [-0.2, 0) is 0 Å². The van der Waals surface area contributed by atoms with Crippen molar-refractivity contribution in [1.82, 2.24) is 3.53 Å². The molecule has 0 aliphatic heterocycles. The molecule has 0 heterocycles. The Balaban J connectivity index is 2.83. The Hall–Kier alpha value is -0.250. The predicted molar refractivity (Wildman–Crippen MR) is 42.3 cm³/mol. The van der Waals surface area contributed by atoms with E-state index in [1.807, 2.05) is 53.2 Å². The molecule has 1 rings (SSSR count). The lowest BCUT2D eigenvalue weighted by molar-refractivity contribution is 1.44. The summed E-state index contributed by atoms with van der Waals surface area (Å²) in [6.07, 6.45) is 0. The van der Waals surface area contributed by atoms with E-state index < -0.39 is 0 Å². The lowest BCUT2D eigenvalue weighted by Gasteiger charge is -1.88. The van der Waals surface area contributed by atoms with E-state index in [0.29, 0.717) is 0 Å². The van der Waals surface area contributed by atoms with Crippen LogP contribution in [0.5, 0.6) is 0 Å². The first-order valence-electron chi connectivity index (χ1n) is 2.30. The predicted octanol–water partition coefficient (Wildman–Crippen LogP) is 2.27. The molecule has 1 aromatic rings. The van der Waals surface area contributed by atoms with Gasteiger partial charge in [-0.1, -0.05) is 18.2 Å². The summed E-state index contributed by atoms with van der Waals surface area (Å²) in [7, 11) is 0. The first-order chi connectivity index (χ1) is 3.93. The highest BCUT2D eigenvalue weighted by molar-refractivity contribution is 14.1. The summed E-state index contributed by atoms with van der Waals surface area (Å²) in [5, 5.41) is 0. The topological polar surface area (TPSA) is 14.1 Å². The van der Waals surface area contributed by atoms with Gasteiger partial charge in [-0.05, 0) is 12.1 Å². The van der Waals surface area contributed by atoms with Gasteiger partial charge in [-0.3, -0.25) is 0 Å². The monoisotopic (exact) mass is 218 g/mol. The number of rotatable bonds is 1. The maximum absolute atomic E-state index is 3.94. The van der Waals surface area contributed by atoms with Crippen LogP contribution < -0.4 is 3.53 Å². The molecule has 0 bridgehead atoms. The molecule has 0 amide bonds. The SMILES string of the molecule is I[N]c1ccccc1. The highest BCUT2D eigenvalue weighted by Gasteiger charge is 1.81. The van der Waals surface area contributed by atoms with Crippen LogP contribution in [0.1, 0.15) is 0 Å². The van der Waals surface area contributed by atoms with Crippen molar-refractivity contribution in [3.8, 4) is 0 Å². The average molecular weight is 218 g/mol. The Labute approximate surface area is 62.6 Å². The van der Waals surface area contributed by atoms with Gasteiger partial charge in [0, 0.05) is 0 Å². The fourth-order valence-corrected chi connectivity index (χ4v) is 0.806. The Kier molecular flexibility index (Phi) is 2.14. The Morgan fingerprint density at radius 3 is 2.12 bits per heavy atom. The maximum atomic E-state index is 3.94. The third-order valence-corrected chi connectivity index (χ3v) is 1.41. The third-order valence-electron chi connectivity index (χ3n) is 0.854. The second-order valence-electron chi connectivity index (χ2n) is 1.42. The van der Waals surface area contributed by atoms with Gasteiger partial charge in [0.1, 0.15) is 0 Å². The lowest BCUT2D eigenvalue weighted by Crippen LogP contribution is -1.72. The second kappa shape index (κ2) is 2.91. The molecule has 1 nitrogen and oxygen atoms in total. The average Bonchev–Trinajstić information content (AvgIpc) is 1.90. The van der Waals surface area contributed by atoms with Crippen LogP contribution in [0.15, 0.2) is 30.3 Å². The minimum atomic E-state index is 1.02. The molecule has 0 spiro atoms. The summed E-state index contributed by atoms with van der Waals surface area (Å²) < 4.78 is 3.94. The molecule has 2 heteroatoms. The lowest BCUT2D eigenvalue weighted by atomic mass is 10.3. The molecule has 0 N–H and O–H groups in total. The number of benzene rings is 1. The Bertz CT molecular complexity index is 150. The molecule has 0 saturated heterocycles. The first-order valence-corrected chi connectivity index (χ1v) is 3.27. The molecular formula is C6H5IN. The maximum Gasteiger partial charge on any atom is 0.0838 e. The summed E-state index contributed by atoms with van der Waals surface area (Å²) >= 11 is 1.98. The van der Waals surface area contributed by atoms with Gasteiger partial charge in [0.25, 0.3) is 0 Å². The summed E-state index contributed by atoms with van der Waals surface area (Å²) in [5.41, 5.74) is 1.02. The van der Waals surface area contributed by atoms with Crippen molar-refractivity contribution in [3.63, 3.8) is 0 Å². The standard InChI is InChI=1S/C6H5IN/c7-8-6-4-2-1-3-5-6/h1-5H. The highest BCUT2D eigenvalue weighted by Crippen LogP contribution is 2.06. The van der Waals surface area contributed by atoms with Crippen molar-refractivity contribution in [3.05, 3.63) is 30.3 Å². The molecule has 0 aromatic heterocycles. The van der Waals surface area contributed by atoms with E-state index >= 15 is 0 Å². The van der Waals surface area contributed by atoms with E-state index in [1.165, 1.54) is 0 Å². The smallest absolute Gasteiger partial charge is 0.0838 e. The van der Waals surface area contributed by atoms with Gasteiger partial charge in [-0.25, -0.2) is 3.53 Å². The molecule has 0 fully saturated rings. The van der Waals surface area contributed by atoms with Crippen LogP contribution in [0.25, 0.3) is 0 Å². The highest BCUT2D eigenvalue weighted by atomic mass is 127. The summed E-state index contributed by atoms with van der Waals surface area (Å²) in [6.45, 7) is 0. The van der Waals surface area contributed by atoms with Crippen molar-refractivity contribution < 1.29 is 0 Å². The molecule has 0 unspecified atom stereocenters. The first kappa shape index (κ1) is 5.88. The zero-order chi connectivity index (χ0) is 5.82. The minimum Gasteiger partial charge on any atom is -0.215 e. The molecule has 0 atom stereocenters. The van der Waals surface area contributed by atoms with E-state index in [9.17, 15) is 0 Å². The zero-order valence-electron chi connectivity index (χ0n) is 4.21. The molecule has 8 heavy (non-hydrogen) atoms. The number of halogens is 1. The fraction of sp³-hybridized carbons (Fsp3) is 0. The quantitative estimate of drug-likeness (QED) is 0.642. The normalized spacial score (nSPS) is 8.62. The van der Waals surface area contributed by atoms with Crippen LogP contribution in [0.3, 0.4) is 0 Å². The zero-order valence-corrected chi connectivity index (χ0v) is 6.37. The van der Waals surface area contributed by atoms with Gasteiger partial charge in [0.2, 0.25) is 0 Å². The van der Waals surface area contributed by atoms with Crippen LogP contribution in [0.4, 0.5) is 5.69 Å². The van der Waals surface area contributed by atoms with Gasteiger partial charge in [-0.2, -0.15) is 0 Å². The molecule has 41 valence electrons. The Morgan fingerprint density at radius 2 is 1.75 bits per heavy atom. The number of hydrogen-bond donors (Lipinski definition) is 0. The van der Waals surface area contributed by atoms with Crippen molar-refractivity contribution in [1.29, 1.82) is 0 Å². The van der Waals surface area contributed by atoms with Gasteiger partial charge < -0.3 is 0 Å². The van der Waals surface area contributed by atoms with Crippen molar-refractivity contribution in [2.24, 2.45) is 0 Å². The van der Waals surface area contributed by atoms with Crippen molar-refractivity contribution in [2.45, 2.75) is 0 Å². The van der Waals surface area contributed by atoms with Crippen molar-refractivity contribution >= 4 is 28.6 Å². The van der Waals surface area contributed by atoms with Crippen molar-refractivity contribution in [2.75, 3.05) is 0 Å². The summed E-state index contributed by atoms with van der Waals surface area (Å²) in [6, 6.07) is 9.85. The van der Waals surface area contributed by atoms with E-state index in [0.717, 1.165) is 5.69 Å². The fourth-order valence-electron chi connectivity index (χ4n) is 0.484. The molecule has 1 radical (unpaired) electrons. The van der Waals surface area contributed by atoms with E-state index in [4.69, 9.17) is 0 Å². The molecule has 0 aliphatic rings. The Morgan fingerprint density at radius 1 is 1.12 bits per heavy atom. The van der Waals surface area contributed by atoms with Gasteiger partial charge >= 0.3 is 0 Å². The summed E-state index contributed by atoms with van der Waals surface area (Å²) in [4.78, 5) is 0. The second-order valence-corrected chi connectivity index (χ2v) is 1.90. The minimum absolute atomic E-state index is 1.02. The largest absolute Gasteiger partial charge is 0.215 e. The van der Waals surface area contributed by atoms with Gasteiger partial charge in [0.15, 0.2) is 0 Å². The van der Waals surface area contributed by atoms with E-state index in [2.05, 4.69) is 3.53 Å². The van der Waals surface area contributed by atoms with Crippen LogP contribution >= 0.6 is 22.9 Å². The van der Waals surface area contributed by atoms with Gasteiger partial charge in [0.05, 0.1) is 28.6 Å². The number of nitrogens with zero attached hydrogens (tertiary/aromatic N) is 1. The molecule has 0 aliphatic carbocycles.